The molecule has 0 radical (unpaired) electrons. The zero-order valence-corrected chi connectivity index (χ0v) is 21.4. The van der Waals surface area contributed by atoms with Crippen molar-refractivity contribution in [2.24, 2.45) is 0 Å². The Kier molecular flexibility index (Phi) is 7.43. The first-order chi connectivity index (χ1) is 16.2. The minimum atomic E-state index is -0.431. The van der Waals surface area contributed by atoms with Gasteiger partial charge in [0.15, 0.2) is 10.7 Å². The molecule has 4 rings (SSSR count). The molecule has 0 fully saturated rings. The van der Waals surface area contributed by atoms with Crippen LogP contribution in [0.5, 0.6) is 0 Å². The number of fused-ring (bicyclic) bond motifs is 1. The SMILES string of the molecule is CC[C@@H](C)c1ccc2oc(-c3ccc(Cl)c(NC(=S)NC(=O)c4ccc(Cl)c(Cl)c4)c3)nc2c1. The summed E-state index contributed by atoms with van der Waals surface area (Å²) in [7, 11) is 0. The van der Waals surface area contributed by atoms with Crippen molar-refractivity contribution in [3.8, 4) is 11.5 Å². The van der Waals surface area contributed by atoms with E-state index in [0.717, 1.165) is 11.9 Å². The molecule has 0 saturated carbocycles. The van der Waals surface area contributed by atoms with Gasteiger partial charge >= 0.3 is 0 Å². The highest BCUT2D eigenvalue weighted by Crippen LogP contribution is 2.32. The summed E-state index contributed by atoms with van der Waals surface area (Å²) in [5.41, 5.74) is 4.25. The number of amides is 1. The lowest BCUT2D eigenvalue weighted by Crippen LogP contribution is -2.34. The summed E-state index contributed by atoms with van der Waals surface area (Å²) in [5, 5.41) is 6.69. The van der Waals surface area contributed by atoms with Gasteiger partial charge in [-0.3, -0.25) is 10.1 Å². The van der Waals surface area contributed by atoms with Crippen molar-refractivity contribution in [1.29, 1.82) is 0 Å². The van der Waals surface area contributed by atoms with Crippen LogP contribution in [0.4, 0.5) is 5.69 Å². The van der Waals surface area contributed by atoms with E-state index < -0.39 is 5.91 Å². The third kappa shape index (κ3) is 5.36. The fraction of sp³-hybridized carbons (Fsp3) is 0.160. The first-order valence-electron chi connectivity index (χ1n) is 10.5. The average molecular weight is 533 g/mol. The molecule has 1 aromatic heterocycles. The van der Waals surface area contributed by atoms with Crippen LogP contribution < -0.4 is 10.6 Å². The second kappa shape index (κ2) is 10.3. The predicted molar refractivity (Wildman–Crippen MR) is 143 cm³/mol. The summed E-state index contributed by atoms with van der Waals surface area (Å²) in [6.07, 6.45) is 1.05. The Morgan fingerprint density at radius 3 is 2.53 bits per heavy atom. The van der Waals surface area contributed by atoms with Crippen LogP contribution in [0.3, 0.4) is 0 Å². The molecule has 34 heavy (non-hydrogen) atoms. The molecule has 5 nitrogen and oxygen atoms in total. The van der Waals surface area contributed by atoms with Gasteiger partial charge in [0.25, 0.3) is 5.91 Å². The number of thiocarbonyl (C=S) groups is 1. The van der Waals surface area contributed by atoms with Gasteiger partial charge in [-0.05, 0) is 78.7 Å². The normalized spacial score (nSPS) is 11.9. The largest absolute Gasteiger partial charge is 0.436 e. The first kappa shape index (κ1) is 24.5. The van der Waals surface area contributed by atoms with Gasteiger partial charge in [0, 0.05) is 11.1 Å². The van der Waals surface area contributed by atoms with Crippen molar-refractivity contribution in [2.75, 3.05) is 5.32 Å². The zero-order chi connectivity index (χ0) is 24.4. The number of halogens is 3. The van der Waals surface area contributed by atoms with Crippen LogP contribution in [0.1, 0.15) is 42.1 Å². The van der Waals surface area contributed by atoms with Crippen LogP contribution in [0.15, 0.2) is 59.0 Å². The summed E-state index contributed by atoms with van der Waals surface area (Å²) in [5.74, 6) is 0.470. The Labute approximate surface area is 217 Å². The van der Waals surface area contributed by atoms with E-state index >= 15 is 0 Å². The summed E-state index contributed by atoms with van der Waals surface area (Å²) in [6.45, 7) is 4.34. The van der Waals surface area contributed by atoms with Crippen molar-refractivity contribution in [2.45, 2.75) is 26.2 Å². The molecule has 3 aromatic carbocycles. The molecule has 0 aliphatic heterocycles. The molecule has 0 aliphatic carbocycles. The second-order valence-electron chi connectivity index (χ2n) is 7.79. The number of hydrogen-bond donors (Lipinski definition) is 2. The molecule has 0 unspecified atom stereocenters. The zero-order valence-electron chi connectivity index (χ0n) is 18.3. The molecule has 2 N–H and O–H groups in total. The maximum Gasteiger partial charge on any atom is 0.257 e. The maximum atomic E-state index is 12.5. The van der Waals surface area contributed by atoms with Crippen molar-refractivity contribution in [3.05, 3.63) is 80.8 Å². The summed E-state index contributed by atoms with van der Waals surface area (Å²) in [6, 6.07) is 15.9. The molecular weight excluding hydrogens is 513 g/mol. The van der Waals surface area contributed by atoms with Gasteiger partial charge in [0.05, 0.1) is 20.8 Å². The number of oxazole rings is 1. The fourth-order valence-electron chi connectivity index (χ4n) is 3.33. The number of nitrogens with one attached hydrogen (secondary N) is 2. The third-order valence-electron chi connectivity index (χ3n) is 5.46. The number of benzene rings is 3. The van der Waals surface area contributed by atoms with Gasteiger partial charge in [0.2, 0.25) is 5.89 Å². The van der Waals surface area contributed by atoms with E-state index in [1.165, 1.54) is 11.6 Å². The van der Waals surface area contributed by atoms with Gasteiger partial charge in [0.1, 0.15) is 5.52 Å². The monoisotopic (exact) mass is 531 g/mol. The minimum absolute atomic E-state index is 0.0749. The molecule has 0 bridgehead atoms. The van der Waals surface area contributed by atoms with E-state index in [4.69, 9.17) is 51.4 Å². The van der Waals surface area contributed by atoms with E-state index in [1.54, 1.807) is 24.3 Å². The number of carbonyl (C=O) groups excluding carboxylic acids is 1. The molecule has 174 valence electrons. The number of hydrogen-bond acceptors (Lipinski definition) is 4. The summed E-state index contributed by atoms with van der Waals surface area (Å²) >= 11 is 23.5. The van der Waals surface area contributed by atoms with Crippen LogP contribution in [-0.4, -0.2) is 16.0 Å². The molecule has 4 aromatic rings. The standard InChI is InChI=1S/C25H20Cl3N3O2S/c1-3-13(2)14-6-9-22-21(11-14)29-24(33-22)16-5-8-18(27)20(12-16)30-25(34)31-23(32)15-4-7-17(26)19(28)10-15/h4-13H,3H2,1-2H3,(H2,30,31,32,34)/t13-/m1/s1. The van der Waals surface area contributed by atoms with Gasteiger partial charge in [-0.15, -0.1) is 0 Å². The van der Waals surface area contributed by atoms with Crippen LogP contribution in [0.2, 0.25) is 15.1 Å². The molecule has 9 heteroatoms. The van der Waals surface area contributed by atoms with Crippen molar-refractivity contribution in [3.63, 3.8) is 0 Å². The average Bonchev–Trinajstić information content (AvgIpc) is 3.25. The number of nitrogens with zero attached hydrogens (tertiary/aromatic N) is 1. The lowest BCUT2D eigenvalue weighted by atomic mass is 9.98. The van der Waals surface area contributed by atoms with E-state index in [9.17, 15) is 4.79 Å². The molecule has 0 saturated heterocycles. The minimum Gasteiger partial charge on any atom is -0.436 e. The highest BCUT2D eigenvalue weighted by atomic mass is 35.5. The first-order valence-corrected chi connectivity index (χ1v) is 12.1. The summed E-state index contributed by atoms with van der Waals surface area (Å²) < 4.78 is 5.96. The van der Waals surface area contributed by atoms with E-state index in [0.29, 0.717) is 44.3 Å². The smallest absolute Gasteiger partial charge is 0.257 e. The predicted octanol–water partition coefficient (Wildman–Crippen LogP) is 8.10. The Hall–Kier alpha value is -2.64. The Morgan fingerprint density at radius 2 is 1.79 bits per heavy atom. The molecular formula is C25H20Cl3N3O2S. The topological polar surface area (TPSA) is 67.2 Å². The number of carbonyl (C=O) groups is 1. The summed E-state index contributed by atoms with van der Waals surface area (Å²) in [4.78, 5) is 17.1. The van der Waals surface area contributed by atoms with E-state index in [-0.39, 0.29) is 10.1 Å². The molecule has 0 spiro atoms. The van der Waals surface area contributed by atoms with E-state index in [2.05, 4.69) is 41.6 Å². The highest BCUT2D eigenvalue weighted by Gasteiger charge is 2.15. The lowest BCUT2D eigenvalue weighted by Gasteiger charge is -2.12. The number of rotatable bonds is 5. The van der Waals surface area contributed by atoms with Crippen molar-refractivity contribution < 1.29 is 9.21 Å². The van der Waals surface area contributed by atoms with Crippen molar-refractivity contribution in [1.82, 2.24) is 10.3 Å². The Balaban J connectivity index is 1.53. The van der Waals surface area contributed by atoms with Crippen LogP contribution in [-0.2, 0) is 0 Å². The number of aromatic nitrogens is 1. The maximum absolute atomic E-state index is 12.5. The molecule has 0 aliphatic rings. The molecule has 1 amide bonds. The van der Waals surface area contributed by atoms with Gasteiger partial charge in [-0.25, -0.2) is 4.98 Å². The molecule has 1 heterocycles. The van der Waals surface area contributed by atoms with Gasteiger partial charge in [-0.2, -0.15) is 0 Å². The third-order valence-corrected chi connectivity index (χ3v) is 6.74. The highest BCUT2D eigenvalue weighted by molar-refractivity contribution is 7.80. The Morgan fingerprint density at radius 1 is 1.03 bits per heavy atom. The van der Waals surface area contributed by atoms with Gasteiger partial charge < -0.3 is 9.73 Å². The van der Waals surface area contributed by atoms with Crippen LogP contribution in [0, 0.1) is 0 Å². The van der Waals surface area contributed by atoms with Crippen molar-refractivity contribution >= 4 is 74.8 Å². The van der Waals surface area contributed by atoms with Gasteiger partial charge in [-0.1, -0.05) is 54.7 Å². The van der Waals surface area contributed by atoms with E-state index in [1.807, 2.05) is 12.1 Å². The second-order valence-corrected chi connectivity index (χ2v) is 9.42. The number of anilines is 1. The quantitative estimate of drug-likeness (QED) is 0.254. The van der Waals surface area contributed by atoms with Crippen LogP contribution >= 0.6 is 47.0 Å². The molecule has 1 atom stereocenters. The fourth-order valence-corrected chi connectivity index (χ4v) is 4.00. The Bertz CT molecular complexity index is 1400. The lowest BCUT2D eigenvalue weighted by molar-refractivity contribution is 0.0977. The van der Waals surface area contributed by atoms with Crippen LogP contribution in [0.25, 0.3) is 22.6 Å².